The van der Waals surface area contributed by atoms with Gasteiger partial charge in [-0.1, -0.05) is 13.8 Å². The summed E-state index contributed by atoms with van der Waals surface area (Å²) in [4.78, 5) is 7.12. The van der Waals surface area contributed by atoms with E-state index >= 15 is 0 Å². The van der Waals surface area contributed by atoms with E-state index in [-0.39, 0.29) is 0 Å². The second kappa shape index (κ2) is 6.38. The molecule has 0 saturated heterocycles. The lowest BCUT2D eigenvalue weighted by Gasteiger charge is -2.24. The summed E-state index contributed by atoms with van der Waals surface area (Å²) in [7, 11) is 0. The largest absolute Gasteiger partial charge is 0.356 e. The van der Waals surface area contributed by atoms with Crippen molar-refractivity contribution in [1.82, 2.24) is 10.3 Å². The average molecular weight is 261 g/mol. The first kappa shape index (κ1) is 14.3. The van der Waals surface area contributed by atoms with E-state index in [4.69, 9.17) is 4.98 Å². The van der Waals surface area contributed by atoms with Crippen LogP contribution in [0.15, 0.2) is 12.3 Å². The molecule has 1 aliphatic carbocycles. The van der Waals surface area contributed by atoms with Crippen LogP contribution in [0.25, 0.3) is 0 Å². The van der Waals surface area contributed by atoms with Crippen molar-refractivity contribution >= 4 is 5.82 Å². The predicted octanol–water partition coefficient (Wildman–Crippen LogP) is 3.12. The summed E-state index contributed by atoms with van der Waals surface area (Å²) in [5.41, 5.74) is 2.57. The van der Waals surface area contributed by atoms with Gasteiger partial charge in [0.25, 0.3) is 0 Å². The first-order valence-electron chi connectivity index (χ1n) is 7.54. The zero-order valence-corrected chi connectivity index (χ0v) is 12.7. The van der Waals surface area contributed by atoms with Crippen molar-refractivity contribution in [2.24, 2.45) is 5.92 Å². The summed E-state index contributed by atoms with van der Waals surface area (Å²) in [5.74, 6) is 2.08. The monoisotopic (exact) mass is 261 g/mol. The fraction of sp³-hybridized carbons (Fsp3) is 0.688. The van der Waals surface area contributed by atoms with Crippen molar-refractivity contribution in [2.75, 3.05) is 18.0 Å². The van der Waals surface area contributed by atoms with Crippen LogP contribution in [-0.4, -0.2) is 24.1 Å². The lowest BCUT2D eigenvalue weighted by molar-refractivity contribution is 0.587. The van der Waals surface area contributed by atoms with Crippen LogP contribution in [0.4, 0.5) is 5.82 Å². The Morgan fingerprint density at radius 3 is 2.68 bits per heavy atom. The molecule has 0 aromatic carbocycles. The molecule has 2 rings (SSSR count). The van der Waals surface area contributed by atoms with Gasteiger partial charge < -0.3 is 10.2 Å². The van der Waals surface area contributed by atoms with Gasteiger partial charge in [-0.15, -0.1) is 0 Å². The Morgan fingerprint density at radius 2 is 2.16 bits per heavy atom. The maximum atomic E-state index is 4.69. The van der Waals surface area contributed by atoms with Crippen LogP contribution in [0, 0.1) is 12.8 Å². The molecule has 0 amide bonds. The SMILES string of the molecule is CCN(CC1CC1)c1ncc(CNC(C)C)cc1C. The van der Waals surface area contributed by atoms with Gasteiger partial charge in [-0.25, -0.2) is 4.98 Å². The van der Waals surface area contributed by atoms with E-state index in [9.17, 15) is 0 Å². The molecular weight excluding hydrogens is 234 g/mol. The van der Waals surface area contributed by atoms with Crippen molar-refractivity contribution in [3.63, 3.8) is 0 Å². The smallest absolute Gasteiger partial charge is 0.131 e. The first-order valence-corrected chi connectivity index (χ1v) is 7.54. The number of pyridine rings is 1. The fourth-order valence-corrected chi connectivity index (χ4v) is 2.35. The summed E-state index contributed by atoms with van der Waals surface area (Å²) in [5, 5.41) is 3.44. The summed E-state index contributed by atoms with van der Waals surface area (Å²) in [6, 6.07) is 2.79. The third-order valence-corrected chi connectivity index (χ3v) is 3.68. The molecular formula is C16H27N3. The second-order valence-corrected chi connectivity index (χ2v) is 6.00. The third-order valence-electron chi connectivity index (χ3n) is 3.68. The van der Waals surface area contributed by atoms with Gasteiger partial charge in [0, 0.05) is 31.9 Å². The quantitative estimate of drug-likeness (QED) is 0.817. The van der Waals surface area contributed by atoms with Gasteiger partial charge in [-0.05, 0) is 49.8 Å². The van der Waals surface area contributed by atoms with Crippen LogP contribution in [0.5, 0.6) is 0 Å². The average Bonchev–Trinajstić information content (AvgIpc) is 3.18. The topological polar surface area (TPSA) is 28.2 Å². The van der Waals surface area contributed by atoms with Crippen molar-refractivity contribution in [3.8, 4) is 0 Å². The van der Waals surface area contributed by atoms with E-state index in [1.807, 2.05) is 6.20 Å². The van der Waals surface area contributed by atoms with Crippen LogP contribution >= 0.6 is 0 Å². The number of rotatable bonds is 7. The van der Waals surface area contributed by atoms with Crippen LogP contribution in [0.2, 0.25) is 0 Å². The molecule has 3 nitrogen and oxygen atoms in total. The van der Waals surface area contributed by atoms with Crippen LogP contribution in [-0.2, 0) is 6.54 Å². The fourth-order valence-electron chi connectivity index (χ4n) is 2.35. The van der Waals surface area contributed by atoms with Gasteiger partial charge in [0.15, 0.2) is 0 Å². The summed E-state index contributed by atoms with van der Waals surface area (Å²) >= 11 is 0. The van der Waals surface area contributed by atoms with Crippen LogP contribution in [0.3, 0.4) is 0 Å². The standard InChI is InChI=1S/C16H27N3/c1-5-19(11-14-6-7-14)16-13(4)8-15(10-18-16)9-17-12(2)3/h8,10,12,14,17H,5-7,9,11H2,1-4H3. The Bertz CT molecular complexity index is 410. The maximum Gasteiger partial charge on any atom is 0.131 e. The molecule has 1 saturated carbocycles. The zero-order chi connectivity index (χ0) is 13.8. The highest BCUT2D eigenvalue weighted by atomic mass is 15.2. The van der Waals surface area contributed by atoms with Gasteiger partial charge in [0.1, 0.15) is 5.82 Å². The second-order valence-electron chi connectivity index (χ2n) is 6.00. The van der Waals surface area contributed by atoms with Crippen molar-refractivity contribution < 1.29 is 0 Å². The van der Waals surface area contributed by atoms with E-state index in [0.29, 0.717) is 6.04 Å². The van der Waals surface area contributed by atoms with Crippen molar-refractivity contribution in [2.45, 2.75) is 53.1 Å². The minimum absolute atomic E-state index is 0.516. The van der Waals surface area contributed by atoms with E-state index in [1.54, 1.807) is 0 Å². The molecule has 1 heterocycles. The van der Waals surface area contributed by atoms with Gasteiger partial charge in [0.2, 0.25) is 0 Å². The Balaban J connectivity index is 2.04. The van der Waals surface area contributed by atoms with Crippen LogP contribution in [0.1, 0.15) is 44.7 Å². The highest BCUT2D eigenvalue weighted by molar-refractivity contribution is 5.47. The normalized spacial score (nSPS) is 15.0. The van der Waals surface area contributed by atoms with Crippen LogP contribution < -0.4 is 10.2 Å². The summed E-state index contributed by atoms with van der Waals surface area (Å²) in [6.07, 6.45) is 4.81. The number of aromatic nitrogens is 1. The lowest BCUT2D eigenvalue weighted by Crippen LogP contribution is -2.27. The zero-order valence-electron chi connectivity index (χ0n) is 12.7. The maximum absolute atomic E-state index is 4.69. The molecule has 0 bridgehead atoms. The Kier molecular flexibility index (Phi) is 4.81. The summed E-state index contributed by atoms with van der Waals surface area (Å²) in [6.45, 7) is 11.9. The number of aryl methyl sites for hydroxylation is 1. The number of nitrogens with zero attached hydrogens (tertiary/aromatic N) is 2. The van der Waals surface area contributed by atoms with E-state index in [0.717, 1.165) is 19.0 Å². The van der Waals surface area contributed by atoms with Gasteiger partial charge in [-0.2, -0.15) is 0 Å². The minimum Gasteiger partial charge on any atom is -0.356 e. The minimum atomic E-state index is 0.516. The molecule has 19 heavy (non-hydrogen) atoms. The van der Waals surface area contributed by atoms with E-state index in [1.165, 1.54) is 36.3 Å². The lowest BCUT2D eigenvalue weighted by atomic mass is 10.2. The number of hydrogen-bond acceptors (Lipinski definition) is 3. The van der Waals surface area contributed by atoms with E-state index in [2.05, 4.69) is 44.0 Å². The molecule has 0 aliphatic heterocycles. The molecule has 3 heteroatoms. The van der Waals surface area contributed by atoms with Crippen molar-refractivity contribution in [3.05, 3.63) is 23.4 Å². The molecule has 1 aromatic rings. The Morgan fingerprint density at radius 1 is 1.42 bits per heavy atom. The molecule has 0 atom stereocenters. The number of nitrogens with one attached hydrogen (secondary N) is 1. The van der Waals surface area contributed by atoms with Gasteiger partial charge in [-0.3, -0.25) is 0 Å². The molecule has 1 aromatic heterocycles. The third kappa shape index (κ3) is 4.20. The first-order chi connectivity index (χ1) is 9.10. The molecule has 1 N–H and O–H groups in total. The molecule has 0 unspecified atom stereocenters. The Labute approximate surface area is 117 Å². The molecule has 0 spiro atoms. The highest BCUT2D eigenvalue weighted by Gasteiger charge is 2.24. The predicted molar refractivity (Wildman–Crippen MR) is 81.6 cm³/mol. The molecule has 0 radical (unpaired) electrons. The molecule has 1 aliphatic rings. The number of hydrogen-bond donors (Lipinski definition) is 1. The highest BCUT2D eigenvalue weighted by Crippen LogP contribution is 2.31. The Hall–Kier alpha value is -1.09. The van der Waals surface area contributed by atoms with Gasteiger partial charge in [0.05, 0.1) is 0 Å². The summed E-state index contributed by atoms with van der Waals surface area (Å²) < 4.78 is 0. The molecule has 106 valence electrons. The van der Waals surface area contributed by atoms with Gasteiger partial charge >= 0.3 is 0 Å². The number of anilines is 1. The van der Waals surface area contributed by atoms with Crippen molar-refractivity contribution in [1.29, 1.82) is 0 Å². The van der Waals surface area contributed by atoms with E-state index < -0.39 is 0 Å². The molecule has 1 fully saturated rings.